The summed E-state index contributed by atoms with van der Waals surface area (Å²) in [5.41, 5.74) is 2.64. The summed E-state index contributed by atoms with van der Waals surface area (Å²) in [5.74, 6) is 0.622. The van der Waals surface area contributed by atoms with E-state index < -0.39 is 0 Å². The fraction of sp³-hybridized carbons (Fsp3) is 0.158. The van der Waals surface area contributed by atoms with Crippen molar-refractivity contribution in [3.05, 3.63) is 76.9 Å². The van der Waals surface area contributed by atoms with E-state index in [1.165, 1.54) is 24.3 Å². The van der Waals surface area contributed by atoms with Crippen molar-refractivity contribution in [1.29, 1.82) is 0 Å². The molecule has 5 nitrogen and oxygen atoms in total. The van der Waals surface area contributed by atoms with Crippen LogP contribution < -0.4 is 10.1 Å². The van der Waals surface area contributed by atoms with Gasteiger partial charge in [-0.05, 0) is 56.3 Å². The molecule has 2 aromatic carbocycles. The second-order valence-corrected chi connectivity index (χ2v) is 5.58. The summed E-state index contributed by atoms with van der Waals surface area (Å²) in [4.78, 5) is 12.3. The first-order valence-electron chi connectivity index (χ1n) is 7.74. The van der Waals surface area contributed by atoms with Gasteiger partial charge in [-0.15, -0.1) is 0 Å². The molecule has 1 aromatic heterocycles. The maximum Gasteiger partial charge on any atom is 0.255 e. The molecule has 1 N–H and O–H groups in total. The van der Waals surface area contributed by atoms with Gasteiger partial charge in [0.1, 0.15) is 23.9 Å². The van der Waals surface area contributed by atoms with Crippen molar-refractivity contribution in [2.45, 2.75) is 20.5 Å². The zero-order valence-corrected chi connectivity index (χ0v) is 13.9. The second kappa shape index (κ2) is 7.17. The summed E-state index contributed by atoms with van der Waals surface area (Å²) in [6, 6.07) is 12.4. The van der Waals surface area contributed by atoms with E-state index in [0.717, 1.165) is 11.3 Å². The summed E-state index contributed by atoms with van der Waals surface area (Å²) in [6.45, 7) is 3.98. The molecule has 0 saturated heterocycles. The molecule has 0 spiro atoms. The molecule has 0 fully saturated rings. The number of hydrogen-bond donors (Lipinski definition) is 1. The number of carbonyl (C=O) groups is 1. The molecule has 25 heavy (non-hydrogen) atoms. The van der Waals surface area contributed by atoms with Crippen LogP contribution in [0, 0.1) is 19.7 Å². The van der Waals surface area contributed by atoms with Crippen LogP contribution in [0.1, 0.15) is 27.4 Å². The minimum atomic E-state index is -0.354. The topological polar surface area (TPSA) is 64.4 Å². The average Bonchev–Trinajstić information content (AvgIpc) is 2.93. The first-order valence-corrected chi connectivity index (χ1v) is 7.74. The largest absolute Gasteiger partial charge is 0.489 e. The van der Waals surface area contributed by atoms with Crippen molar-refractivity contribution < 1.29 is 18.4 Å². The van der Waals surface area contributed by atoms with Crippen LogP contribution >= 0.6 is 0 Å². The van der Waals surface area contributed by atoms with Crippen LogP contribution in [0.2, 0.25) is 0 Å². The molecule has 128 valence electrons. The Morgan fingerprint density at radius 2 is 1.96 bits per heavy atom. The SMILES string of the molecule is Cc1noc(C)c1COc1cccc(C(=O)Nc2ccc(F)cc2)c1. The molecule has 0 aliphatic rings. The van der Waals surface area contributed by atoms with Crippen LogP contribution in [0.5, 0.6) is 5.75 Å². The molecule has 3 aromatic rings. The lowest BCUT2D eigenvalue weighted by atomic mass is 10.2. The van der Waals surface area contributed by atoms with E-state index in [0.29, 0.717) is 29.4 Å². The normalized spacial score (nSPS) is 10.5. The fourth-order valence-electron chi connectivity index (χ4n) is 2.33. The molecule has 0 bridgehead atoms. The van der Waals surface area contributed by atoms with Gasteiger partial charge in [0.25, 0.3) is 5.91 Å². The van der Waals surface area contributed by atoms with E-state index in [-0.39, 0.29) is 11.7 Å². The van der Waals surface area contributed by atoms with Gasteiger partial charge < -0.3 is 14.6 Å². The standard InChI is InChI=1S/C19H17FN2O3/c1-12-18(13(2)25-22-12)11-24-17-5-3-4-14(10-17)19(23)21-16-8-6-15(20)7-9-16/h3-10H,11H2,1-2H3,(H,21,23). The van der Waals surface area contributed by atoms with Crippen molar-refractivity contribution in [3.8, 4) is 5.75 Å². The third-order valence-electron chi connectivity index (χ3n) is 3.76. The lowest BCUT2D eigenvalue weighted by Crippen LogP contribution is -2.12. The Morgan fingerprint density at radius 1 is 1.20 bits per heavy atom. The number of rotatable bonds is 5. The monoisotopic (exact) mass is 340 g/mol. The zero-order chi connectivity index (χ0) is 17.8. The van der Waals surface area contributed by atoms with Gasteiger partial charge in [-0.1, -0.05) is 11.2 Å². The van der Waals surface area contributed by atoms with E-state index in [1.807, 2.05) is 13.8 Å². The number of carbonyl (C=O) groups excluding carboxylic acids is 1. The fourth-order valence-corrected chi connectivity index (χ4v) is 2.33. The van der Waals surface area contributed by atoms with Crippen molar-refractivity contribution >= 4 is 11.6 Å². The molecule has 0 saturated carbocycles. The molecule has 1 heterocycles. The number of nitrogens with zero attached hydrogens (tertiary/aromatic N) is 1. The number of ether oxygens (including phenoxy) is 1. The Kier molecular flexibility index (Phi) is 4.79. The summed E-state index contributed by atoms with van der Waals surface area (Å²) >= 11 is 0. The van der Waals surface area contributed by atoms with Crippen LogP contribution in [0.3, 0.4) is 0 Å². The molecule has 3 rings (SSSR count). The van der Waals surface area contributed by atoms with E-state index in [9.17, 15) is 9.18 Å². The van der Waals surface area contributed by atoms with E-state index in [2.05, 4.69) is 10.5 Å². The molecule has 0 atom stereocenters. The van der Waals surface area contributed by atoms with Crippen LogP contribution in [-0.2, 0) is 6.61 Å². The number of halogens is 1. The van der Waals surface area contributed by atoms with Gasteiger partial charge in [-0.2, -0.15) is 0 Å². The summed E-state index contributed by atoms with van der Waals surface area (Å²) < 4.78 is 23.8. The van der Waals surface area contributed by atoms with Crippen molar-refractivity contribution in [1.82, 2.24) is 5.16 Å². The van der Waals surface area contributed by atoms with Crippen molar-refractivity contribution in [3.63, 3.8) is 0 Å². The van der Waals surface area contributed by atoms with Gasteiger partial charge in [-0.3, -0.25) is 4.79 Å². The molecule has 0 unspecified atom stereocenters. The smallest absolute Gasteiger partial charge is 0.255 e. The predicted molar refractivity (Wildman–Crippen MR) is 91.1 cm³/mol. The summed E-state index contributed by atoms with van der Waals surface area (Å²) in [5, 5.41) is 6.60. The number of hydrogen-bond acceptors (Lipinski definition) is 4. The molecule has 0 aliphatic heterocycles. The van der Waals surface area contributed by atoms with Crippen LogP contribution in [-0.4, -0.2) is 11.1 Å². The Balaban J connectivity index is 1.68. The van der Waals surface area contributed by atoms with Crippen molar-refractivity contribution in [2.75, 3.05) is 5.32 Å². The third-order valence-corrected chi connectivity index (χ3v) is 3.76. The Morgan fingerprint density at radius 3 is 2.64 bits per heavy atom. The maximum absolute atomic E-state index is 12.9. The van der Waals surface area contributed by atoms with Gasteiger partial charge in [0.2, 0.25) is 0 Å². The molecule has 1 amide bonds. The average molecular weight is 340 g/mol. The first-order chi connectivity index (χ1) is 12.0. The van der Waals surface area contributed by atoms with Crippen LogP contribution in [0.25, 0.3) is 0 Å². The second-order valence-electron chi connectivity index (χ2n) is 5.58. The minimum Gasteiger partial charge on any atom is -0.489 e. The Bertz CT molecular complexity index is 868. The Labute approximate surface area is 144 Å². The zero-order valence-electron chi connectivity index (χ0n) is 13.9. The molecule has 6 heteroatoms. The van der Waals surface area contributed by atoms with E-state index >= 15 is 0 Å². The van der Waals surface area contributed by atoms with Gasteiger partial charge in [0.15, 0.2) is 0 Å². The third kappa shape index (κ3) is 4.03. The van der Waals surface area contributed by atoms with Gasteiger partial charge in [0, 0.05) is 11.3 Å². The molecule has 0 radical (unpaired) electrons. The lowest BCUT2D eigenvalue weighted by Gasteiger charge is -2.09. The minimum absolute atomic E-state index is 0.297. The highest BCUT2D eigenvalue weighted by atomic mass is 19.1. The van der Waals surface area contributed by atoms with E-state index in [4.69, 9.17) is 9.26 Å². The van der Waals surface area contributed by atoms with E-state index in [1.54, 1.807) is 24.3 Å². The summed E-state index contributed by atoms with van der Waals surface area (Å²) in [7, 11) is 0. The number of nitrogens with one attached hydrogen (secondary N) is 1. The maximum atomic E-state index is 12.9. The summed E-state index contributed by atoms with van der Waals surface area (Å²) in [6.07, 6.45) is 0. The van der Waals surface area contributed by atoms with Gasteiger partial charge in [0.05, 0.1) is 11.3 Å². The number of aromatic nitrogens is 1. The number of aryl methyl sites for hydroxylation is 2. The van der Waals surface area contributed by atoms with Gasteiger partial charge >= 0.3 is 0 Å². The number of amides is 1. The highest BCUT2D eigenvalue weighted by Gasteiger charge is 2.11. The van der Waals surface area contributed by atoms with Crippen LogP contribution in [0.15, 0.2) is 53.1 Å². The first kappa shape index (κ1) is 16.7. The highest BCUT2D eigenvalue weighted by molar-refractivity contribution is 6.04. The quantitative estimate of drug-likeness (QED) is 0.754. The number of anilines is 1. The lowest BCUT2D eigenvalue weighted by molar-refractivity contribution is 0.102. The molecular weight excluding hydrogens is 323 g/mol. The van der Waals surface area contributed by atoms with Gasteiger partial charge in [-0.25, -0.2) is 4.39 Å². The predicted octanol–water partition coefficient (Wildman–Crippen LogP) is 4.26. The number of benzene rings is 2. The highest BCUT2D eigenvalue weighted by Crippen LogP contribution is 2.19. The van der Waals surface area contributed by atoms with Crippen molar-refractivity contribution in [2.24, 2.45) is 0 Å². The van der Waals surface area contributed by atoms with Crippen LogP contribution in [0.4, 0.5) is 10.1 Å². The molecular formula is C19H17FN2O3. The molecule has 0 aliphatic carbocycles. The Hall–Kier alpha value is -3.15.